The maximum Gasteiger partial charge on any atom is 0.307 e. The van der Waals surface area contributed by atoms with Gasteiger partial charge in [0.2, 0.25) is 5.91 Å². The fraction of sp³-hybridized carbons (Fsp3) is 0.429. The number of nitrogens with one attached hydrogen (secondary N) is 2. The lowest BCUT2D eigenvalue weighted by molar-refractivity contribution is -0.136. The van der Waals surface area contributed by atoms with E-state index in [4.69, 9.17) is 5.11 Å². The van der Waals surface area contributed by atoms with Crippen LogP contribution in [0.3, 0.4) is 0 Å². The highest BCUT2D eigenvalue weighted by Crippen LogP contribution is 2.18. The second-order valence-corrected chi connectivity index (χ2v) is 4.79. The number of carboxylic acid groups (broad SMARTS) is 1. The van der Waals surface area contributed by atoms with Gasteiger partial charge in [-0.3, -0.25) is 9.59 Å². The highest BCUT2D eigenvalue weighted by molar-refractivity contribution is 5.90. The van der Waals surface area contributed by atoms with Gasteiger partial charge in [-0.25, -0.2) is 0 Å². The minimum atomic E-state index is -0.858. The highest BCUT2D eigenvalue weighted by atomic mass is 16.4. The number of carboxylic acids is 1. The molecule has 0 aromatic heterocycles. The van der Waals surface area contributed by atoms with E-state index in [1.807, 2.05) is 0 Å². The summed E-state index contributed by atoms with van der Waals surface area (Å²) in [7, 11) is 0. The average molecular weight is 262 g/mol. The Morgan fingerprint density at radius 3 is 2.47 bits per heavy atom. The lowest BCUT2D eigenvalue weighted by atomic mass is 10.1. The number of anilines is 1. The number of hydrogen-bond acceptors (Lipinski definition) is 3. The molecule has 0 heterocycles. The molecular weight excluding hydrogens is 244 g/mol. The van der Waals surface area contributed by atoms with Crippen LogP contribution >= 0.6 is 0 Å². The third kappa shape index (κ3) is 5.09. The Labute approximate surface area is 112 Å². The Morgan fingerprint density at radius 2 is 1.89 bits per heavy atom. The van der Waals surface area contributed by atoms with Gasteiger partial charge in [-0.2, -0.15) is 0 Å². The summed E-state index contributed by atoms with van der Waals surface area (Å²) in [5.74, 6) is -0.887. The molecule has 1 fully saturated rings. The van der Waals surface area contributed by atoms with E-state index in [1.165, 1.54) is 12.8 Å². The Hall–Kier alpha value is -1.88. The van der Waals surface area contributed by atoms with Gasteiger partial charge >= 0.3 is 5.97 Å². The number of benzene rings is 1. The monoisotopic (exact) mass is 262 g/mol. The Kier molecular flexibility index (Phi) is 4.52. The predicted octanol–water partition coefficient (Wildman–Crippen LogP) is 1.39. The summed E-state index contributed by atoms with van der Waals surface area (Å²) in [6.45, 7) is 0.702. The van der Waals surface area contributed by atoms with E-state index in [-0.39, 0.29) is 12.3 Å². The quantitative estimate of drug-likeness (QED) is 0.694. The molecule has 1 aliphatic rings. The lowest BCUT2D eigenvalue weighted by Gasteiger charge is -2.06. The zero-order valence-corrected chi connectivity index (χ0v) is 10.7. The van der Waals surface area contributed by atoms with Gasteiger partial charge in [0.1, 0.15) is 0 Å². The number of aliphatic carboxylic acids is 1. The van der Waals surface area contributed by atoms with Crippen molar-refractivity contribution < 1.29 is 14.7 Å². The number of carbonyl (C=O) groups excluding carboxylic acids is 1. The largest absolute Gasteiger partial charge is 0.481 e. The molecule has 3 N–H and O–H groups in total. The van der Waals surface area contributed by atoms with Gasteiger partial charge in [0.15, 0.2) is 0 Å². The summed E-state index contributed by atoms with van der Waals surface area (Å²) in [4.78, 5) is 22.2. The van der Waals surface area contributed by atoms with Gasteiger partial charge in [0.25, 0.3) is 0 Å². The van der Waals surface area contributed by atoms with Crippen molar-refractivity contribution >= 4 is 17.6 Å². The normalized spacial score (nSPS) is 14.1. The first kappa shape index (κ1) is 13.5. The summed E-state index contributed by atoms with van der Waals surface area (Å²) in [5, 5.41) is 14.7. The molecule has 1 aromatic rings. The van der Waals surface area contributed by atoms with Gasteiger partial charge in [0.05, 0.1) is 6.42 Å². The Morgan fingerprint density at radius 1 is 1.21 bits per heavy atom. The molecule has 102 valence electrons. The van der Waals surface area contributed by atoms with Gasteiger partial charge in [-0.1, -0.05) is 12.1 Å². The number of amides is 1. The van der Waals surface area contributed by atoms with E-state index in [9.17, 15) is 9.59 Å². The van der Waals surface area contributed by atoms with Gasteiger partial charge in [-0.15, -0.1) is 0 Å². The summed E-state index contributed by atoms with van der Waals surface area (Å²) in [5.41, 5.74) is 1.42. The summed E-state index contributed by atoms with van der Waals surface area (Å²) < 4.78 is 0. The zero-order chi connectivity index (χ0) is 13.7. The van der Waals surface area contributed by atoms with E-state index >= 15 is 0 Å². The second-order valence-electron chi connectivity index (χ2n) is 4.79. The molecule has 5 heteroatoms. The van der Waals surface area contributed by atoms with Gasteiger partial charge < -0.3 is 15.7 Å². The minimum absolute atomic E-state index is 0.000461. The molecule has 0 bridgehead atoms. The highest BCUT2D eigenvalue weighted by Gasteiger charge is 2.20. The van der Waals surface area contributed by atoms with Crippen LogP contribution in [0.1, 0.15) is 24.8 Å². The van der Waals surface area contributed by atoms with Crippen molar-refractivity contribution in [1.29, 1.82) is 0 Å². The number of carbonyl (C=O) groups is 2. The minimum Gasteiger partial charge on any atom is -0.481 e. The van der Waals surface area contributed by atoms with Crippen LogP contribution in [-0.4, -0.2) is 29.6 Å². The first-order chi connectivity index (χ1) is 9.13. The summed E-state index contributed by atoms with van der Waals surface area (Å²) in [6.07, 6.45) is 2.88. The van der Waals surface area contributed by atoms with Crippen LogP contribution in [0.2, 0.25) is 0 Å². The molecule has 19 heavy (non-hydrogen) atoms. The third-order valence-electron chi connectivity index (χ3n) is 2.96. The van der Waals surface area contributed by atoms with Crippen molar-refractivity contribution in [3.63, 3.8) is 0 Å². The third-order valence-corrected chi connectivity index (χ3v) is 2.96. The van der Waals surface area contributed by atoms with Gasteiger partial charge in [-0.05, 0) is 30.5 Å². The first-order valence-electron chi connectivity index (χ1n) is 6.47. The molecular formula is C14H18N2O3. The lowest BCUT2D eigenvalue weighted by Crippen LogP contribution is -2.23. The molecule has 0 spiro atoms. The van der Waals surface area contributed by atoms with Crippen LogP contribution in [-0.2, 0) is 16.0 Å². The smallest absolute Gasteiger partial charge is 0.307 e. The zero-order valence-electron chi connectivity index (χ0n) is 10.7. The molecule has 1 saturated carbocycles. The van der Waals surface area contributed by atoms with Crippen molar-refractivity contribution in [2.45, 2.75) is 31.7 Å². The molecule has 0 radical (unpaired) electrons. The van der Waals surface area contributed by atoms with Crippen LogP contribution in [0.4, 0.5) is 5.69 Å². The standard InChI is InChI=1S/C14H18N2O3/c17-13(7-8-15-11-5-6-11)16-12-3-1-10(2-4-12)9-14(18)19/h1-4,11,15H,5-9H2,(H,16,17)(H,18,19). The Balaban J connectivity index is 1.74. The molecule has 0 atom stereocenters. The van der Waals surface area contributed by atoms with E-state index in [0.717, 1.165) is 5.56 Å². The molecule has 1 aliphatic carbocycles. The maximum atomic E-state index is 11.6. The fourth-order valence-corrected chi connectivity index (χ4v) is 1.78. The predicted molar refractivity (Wildman–Crippen MR) is 72.1 cm³/mol. The van der Waals surface area contributed by atoms with Crippen molar-refractivity contribution in [2.24, 2.45) is 0 Å². The molecule has 0 unspecified atom stereocenters. The van der Waals surface area contributed by atoms with Crippen molar-refractivity contribution in [2.75, 3.05) is 11.9 Å². The maximum absolute atomic E-state index is 11.6. The second kappa shape index (κ2) is 6.33. The van der Waals surface area contributed by atoms with E-state index in [2.05, 4.69) is 10.6 Å². The Bertz CT molecular complexity index is 452. The molecule has 1 aromatic carbocycles. The summed E-state index contributed by atoms with van der Waals surface area (Å²) in [6, 6.07) is 7.50. The van der Waals surface area contributed by atoms with Crippen molar-refractivity contribution in [1.82, 2.24) is 5.32 Å². The SMILES string of the molecule is O=C(O)Cc1ccc(NC(=O)CCNC2CC2)cc1. The topological polar surface area (TPSA) is 78.4 Å². The number of rotatable bonds is 7. The van der Waals surface area contributed by atoms with E-state index in [0.29, 0.717) is 24.7 Å². The molecule has 5 nitrogen and oxygen atoms in total. The first-order valence-corrected chi connectivity index (χ1v) is 6.47. The van der Waals surface area contributed by atoms with Crippen LogP contribution in [0.25, 0.3) is 0 Å². The van der Waals surface area contributed by atoms with Crippen LogP contribution in [0, 0.1) is 0 Å². The van der Waals surface area contributed by atoms with Crippen LogP contribution in [0.5, 0.6) is 0 Å². The fourth-order valence-electron chi connectivity index (χ4n) is 1.78. The van der Waals surface area contributed by atoms with Crippen LogP contribution < -0.4 is 10.6 Å². The number of hydrogen-bond donors (Lipinski definition) is 3. The molecule has 0 saturated heterocycles. The average Bonchev–Trinajstić information content (AvgIpc) is 3.15. The van der Waals surface area contributed by atoms with Gasteiger partial charge in [0, 0.05) is 24.7 Å². The van der Waals surface area contributed by atoms with Crippen LogP contribution in [0.15, 0.2) is 24.3 Å². The van der Waals surface area contributed by atoms with E-state index < -0.39 is 5.97 Å². The molecule has 0 aliphatic heterocycles. The van der Waals surface area contributed by atoms with Crippen molar-refractivity contribution in [3.05, 3.63) is 29.8 Å². The van der Waals surface area contributed by atoms with E-state index in [1.54, 1.807) is 24.3 Å². The summed E-state index contributed by atoms with van der Waals surface area (Å²) >= 11 is 0. The molecule has 1 amide bonds. The van der Waals surface area contributed by atoms with Crippen molar-refractivity contribution in [3.8, 4) is 0 Å². The molecule has 2 rings (SSSR count).